The summed E-state index contributed by atoms with van der Waals surface area (Å²) >= 11 is 0. The van der Waals surface area contributed by atoms with Crippen LogP contribution in [0.4, 0.5) is 0 Å². The molecule has 0 unspecified atom stereocenters. The van der Waals surface area contributed by atoms with Gasteiger partial charge in [0, 0.05) is 0 Å². The molecular formula is C15H25ClMg. The molecule has 2 heteroatoms. The minimum atomic E-state index is 0. The zero-order valence-electron chi connectivity index (χ0n) is 11.1. The van der Waals surface area contributed by atoms with E-state index in [1.54, 1.807) is 0 Å². The number of rotatable bonds is 10. The molecule has 0 rings (SSSR count). The summed E-state index contributed by atoms with van der Waals surface area (Å²) in [5, 5.41) is 0. The topological polar surface area (TPSA) is 0 Å². The molecule has 0 saturated carbocycles. The average Bonchev–Trinajstić information content (AvgIpc) is 2.19. The first-order valence-corrected chi connectivity index (χ1v) is 5.86. The quantitative estimate of drug-likeness (QED) is 0.244. The van der Waals surface area contributed by atoms with Gasteiger partial charge in [-0.3, -0.25) is 0 Å². The van der Waals surface area contributed by atoms with Gasteiger partial charge < -0.3 is 19.3 Å². The van der Waals surface area contributed by atoms with Crippen molar-refractivity contribution in [2.75, 3.05) is 0 Å². The first-order valence-electron chi connectivity index (χ1n) is 5.86. The maximum Gasteiger partial charge on any atom is 2.00 e. The summed E-state index contributed by atoms with van der Waals surface area (Å²) < 4.78 is 0. The Morgan fingerprint density at radius 1 is 0.882 bits per heavy atom. The van der Waals surface area contributed by atoms with Crippen molar-refractivity contribution in [3.63, 3.8) is 0 Å². The second kappa shape index (κ2) is 14.3. The summed E-state index contributed by atoms with van der Waals surface area (Å²) in [6.07, 6.45) is 14.0. The molecule has 0 aliphatic rings. The molecule has 0 spiro atoms. The van der Waals surface area contributed by atoms with Gasteiger partial charge in [-0.05, 0) is 31.1 Å². The molecule has 0 aliphatic heterocycles. The van der Waals surface area contributed by atoms with Crippen LogP contribution in [0.5, 0.6) is 0 Å². The van der Waals surface area contributed by atoms with E-state index >= 15 is 0 Å². The Morgan fingerprint density at radius 2 is 1.29 bits per heavy atom. The van der Waals surface area contributed by atoms with E-state index in [9.17, 15) is 0 Å². The Morgan fingerprint density at radius 3 is 1.59 bits per heavy atom. The van der Waals surface area contributed by atoms with Gasteiger partial charge in [-0.1, -0.05) is 31.1 Å². The van der Waals surface area contributed by atoms with E-state index in [0.29, 0.717) is 5.41 Å². The third-order valence-corrected chi connectivity index (χ3v) is 2.94. The second-order valence-electron chi connectivity index (χ2n) is 4.29. The predicted octanol–water partition coefficient (Wildman–Crippen LogP) is 1.72. The average molecular weight is 265 g/mol. The van der Waals surface area contributed by atoms with Gasteiger partial charge in [0.05, 0.1) is 0 Å². The summed E-state index contributed by atoms with van der Waals surface area (Å²) in [6, 6.07) is 0. The van der Waals surface area contributed by atoms with Gasteiger partial charge in [-0.2, -0.15) is 6.42 Å². The number of halogens is 1. The van der Waals surface area contributed by atoms with E-state index in [1.165, 1.54) is 19.3 Å². The summed E-state index contributed by atoms with van der Waals surface area (Å²) in [6.45, 7) is 15.5. The Kier molecular flexibility index (Phi) is 18.9. The van der Waals surface area contributed by atoms with E-state index < -0.39 is 0 Å². The normalized spacial score (nSPS) is 9.71. The van der Waals surface area contributed by atoms with Crippen molar-refractivity contribution in [1.29, 1.82) is 0 Å². The van der Waals surface area contributed by atoms with Gasteiger partial charge >= 0.3 is 23.1 Å². The summed E-state index contributed by atoms with van der Waals surface area (Å²) in [5.74, 6) is 0. The minimum absolute atomic E-state index is 0. The van der Waals surface area contributed by atoms with Crippen LogP contribution in [0.3, 0.4) is 0 Å². The smallest absolute Gasteiger partial charge is 1.00 e. The number of hydrogen-bond acceptors (Lipinski definition) is 0. The van der Waals surface area contributed by atoms with E-state index in [0.717, 1.165) is 25.7 Å². The number of allylic oxidation sites excluding steroid dienone is 3. The second-order valence-corrected chi connectivity index (χ2v) is 4.29. The van der Waals surface area contributed by atoms with E-state index in [2.05, 4.69) is 26.7 Å². The molecule has 0 saturated heterocycles. The van der Waals surface area contributed by atoms with Crippen LogP contribution in [-0.2, 0) is 0 Å². The van der Waals surface area contributed by atoms with Crippen LogP contribution >= 0.6 is 0 Å². The van der Waals surface area contributed by atoms with Gasteiger partial charge in [-0.25, -0.2) is 0 Å². The third kappa shape index (κ3) is 9.93. The first kappa shape index (κ1) is 22.5. The van der Waals surface area contributed by atoms with Gasteiger partial charge in [0.1, 0.15) is 0 Å². The van der Waals surface area contributed by atoms with Crippen molar-refractivity contribution < 1.29 is 12.4 Å². The number of unbranched alkanes of at least 4 members (excludes halogenated alkanes) is 2. The largest absolute Gasteiger partial charge is 2.00 e. The van der Waals surface area contributed by atoms with Gasteiger partial charge in [0.25, 0.3) is 0 Å². The van der Waals surface area contributed by atoms with Crippen LogP contribution in [-0.4, -0.2) is 23.1 Å². The molecule has 0 N–H and O–H groups in total. The van der Waals surface area contributed by atoms with E-state index in [1.807, 2.05) is 18.2 Å². The van der Waals surface area contributed by atoms with Crippen LogP contribution in [0.25, 0.3) is 0 Å². The summed E-state index contributed by atoms with van der Waals surface area (Å²) in [4.78, 5) is 0. The van der Waals surface area contributed by atoms with Crippen molar-refractivity contribution in [3.8, 4) is 0 Å². The van der Waals surface area contributed by atoms with Gasteiger partial charge in [0.15, 0.2) is 0 Å². The van der Waals surface area contributed by atoms with Gasteiger partial charge in [0.2, 0.25) is 0 Å². The van der Waals surface area contributed by atoms with Gasteiger partial charge in [-0.15, -0.1) is 19.7 Å². The molecule has 0 aliphatic carbocycles. The van der Waals surface area contributed by atoms with Crippen LogP contribution in [0.2, 0.25) is 0 Å². The van der Waals surface area contributed by atoms with E-state index in [4.69, 9.17) is 0 Å². The molecule has 0 amide bonds. The molecule has 94 valence electrons. The van der Waals surface area contributed by atoms with Crippen molar-refractivity contribution >= 4 is 23.1 Å². The van der Waals surface area contributed by atoms with Crippen LogP contribution < -0.4 is 12.4 Å². The van der Waals surface area contributed by atoms with Crippen molar-refractivity contribution in [2.24, 2.45) is 5.41 Å². The molecule has 0 nitrogen and oxygen atoms in total. The monoisotopic (exact) mass is 264 g/mol. The zero-order chi connectivity index (χ0) is 11.6. The van der Waals surface area contributed by atoms with Crippen LogP contribution in [0.1, 0.15) is 44.9 Å². The minimum Gasteiger partial charge on any atom is -1.00 e. The molecule has 0 aromatic rings. The molecule has 0 bridgehead atoms. The van der Waals surface area contributed by atoms with Crippen LogP contribution in [0.15, 0.2) is 38.0 Å². The Bertz CT molecular complexity index is 173. The fourth-order valence-electron chi connectivity index (χ4n) is 2.15. The Labute approximate surface area is 130 Å². The SMILES string of the molecule is C=CCC(CC=C)(CC=C)CCCC[CH2-].[Cl-].[Mg+2]. The van der Waals surface area contributed by atoms with Crippen LogP contribution in [0, 0.1) is 12.3 Å². The predicted molar refractivity (Wildman–Crippen MR) is 76.5 cm³/mol. The molecule has 0 heterocycles. The molecule has 0 fully saturated rings. The zero-order valence-corrected chi connectivity index (χ0v) is 13.3. The van der Waals surface area contributed by atoms with Crippen molar-refractivity contribution in [1.82, 2.24) is 0 Å². The molecule has 0 aromatic heterocycles. The first-order chi connectivity index (χ1) is 7.24. The Hall–Kier alpha value is 0.276. The fourth-order valence-corrected chi connectivity index (χ4v) is 2.15. The summed E-state index contributed by atoms with van der Waals surface area (Å²) in [7, 11) is 0. The Balaban J connectivity index is -0.000000980. The van der Waals surface area contributed by atoms with Crippen molar-refractivity contribution in [3.05, 3.63) is 44.9 Å². The maximum absolute atomic E-state index is 3.88. The number of hydrogen-bond donors (Lipinski definition) is 0. The molecule has 0 atom stereocenters. The van der Waals surface area contributed by atoms with E-state index in [-0.39, 0.29) is 35.5 Å². The third-order valence-electron chi connectivity index (χ3n) is 2.94. The fraction of sp³-hybridized carbons (Fsp3) is 0.533. The summed E-state index contributed by atoms with van der Waals surface area (Å²) in [5.41, 5.74) is 0.320. The molecule has 0 radical (unpaired) electrons. The van der Waals surface area contributed by atoms with Crippen molar-refractivity contribution in [2.45, 2.75) is 44.9 Å². The molecule has 0 aromatic carbocycles. The molecule has 17 heavy (non-hydrogen) atoms. The molecular weight excluding hydrogens is 240 g/mol. The standard InChI is InChI=1S/C15H25.ClH.Mg/c1-5-9-10-14-15(11-6-2,12-7-3)13-8-4;;/h6-8H,1-5,9-14H2;1H;/q-1;;+2/p-1. The maximum atomic E-state index is 3.88.